The molecular formula is C17H12F2N2O3. The van der Waals surface area contributed by atoms with Gasteiger partial charge in [-0.15, -0.1) is 10.2 Å². The summed E-state index contributed by atoms with van der Waals surface area (Å²) in [6.45, 7) is 1.55. The van der Waals surface area contributed by atoms with Crippen LogP contribution in [0, 0.1) is 11.6 Å². The number of rotatable bonds is 4. The average Bonchev–Trinajstić information content (AvgIpc) is 3.05. The zero-order chi connectivity index (χ0) is 17.1. The Bertz CT molecular complexity index is 862. The molecule has 1 aromatic heterocycles. The molecule has 0 saturated carbocycles. The van der Waals surface area contributed by atoms with E-state index in [-0.39, 0.29) is 23.2 Å². The van der Waals surface area contributed by atoms with Gasteiger partial charge in [-0.2, -0.15) is 0 Å². The molecule has 0 N–H and O–H groups in total. The average molecular weight is 330 g/mol. The van der Waals surface area contributed by atoms with E-state index in [0.29, 0.717) is 5.56 Å². The Balaban J connectivity index is 1.73. The molecule has 0 unspecified atom stereocenters. The number of hydrogen-bond donors (Lipinski definition) is 0. The van der Waals surface area contributed by atoms with Crippen molar-refractivity contribution in [3.8, 4) is 11.5 Å². The lowest BCUT2D eigenvalue weighted by Crippen LogP contribution is -2.09. The maximum Gasteiger partial charge on any atom is 0.339 e. The van der Waals surface area contributed by atoms with Gasteiger partial charge in [-0.05, 0) is 49.4 Å². The number of carbonyl (C=O) groups is 1. The van der Waals surface area contributed by atoms with Crippen LogP contribution in [0.2, 0.25) is 0 Å². The molecule has 3 rings (SSSR count). The van der Waals surface area contributed by atoms with Crippen molar-refractivity contribution in [1.82, 2.24) is 10.2 Å². The van der Waals surface area contributed by atoms with Crippen molar-refractivity contribution >= 4 is 5.97 Å². The van der Waals surface area contributed by atoms with Gasteiger partial charge in [0.05, 0.1) is 5.56 Å². The molecule has 122 valence electrons. The van der Waals surface area contributed by atoms with Gasteiger partial charge >= 0.3 is 5.97 Å². The number of aromatic nitrogens is 2. The second-order valence-corrected chi connectivity index (χ2v) is 5.01. The molecule has 1 heterocycles. The number of ether oxygens (including phenoxy) is 1. The first kappa shape index (κ1) is 15.8. The van der Waals surface area contributed by atoms with Crippen molar-refractivity contribution in [3.05, 3.63) is 71.6 Å². The minimum atomic E-state index is -0.817. The SMILES string of the molecule is C[C@H](OC(=O)c1cccc(F)c1)c1nnc(-c2ccc(F)cc2)o1. The van der Waals surface area contributed by atoms with E-state index in [0.717, 1.165) is 6.07 Å². The lowest BCUT2D eigenvalue weighted by atomic mass is 10.2. The molecule has 0 aliphatic carbocycles. The quantitative estimate of drug-likeness (QED) is 0.678. The van der Waals surface area contributed by atoms with Crippen LogP contribution in [0.3, 0.4) is 0 Å². The highest BCUT2D eigenvalue weighted by atomic mass is 19.1. The molecule has 0 saturated heterocycles. The Hall–Kier alpha value is -3.09. The summed E-state index contributed by atoms with van der Waals surface area (Å²) in [7, 11) is 0. The van der Waals surface area contributed by atoms with E-state index < -0.39 is 17.9 Å². The molecule has 0 bridgehead atoms. The normalized spacial score (nSPS) is 12.0. The van der Waals surface area contributed by atoms with Gasteiger partial charge in [-0.3, -0.25) is 0 Å². The summed E-state index contributed by atoms with van der Waals surface area (Å²) in [5, 5.41) is 7.66. The zero-order valence-corrected chi connectivity index (χ0v) is 12.6. The van der Waals surface area contributed by atoms with Crippen LogP contribution in [0.5, 0.6) is 0 Å². The van der Waals surface area contributed by atoms with Gasteiger partial charge in [0, 0.05) is 5.56 Å². The molecule has 0 fully saturated rings. The van der Waals surface area contributed by atoms with Crippen LogP contribution >= 0.6 is 0 Å². The van der Waals surface area contributed by atoms with Crippen LogP contribution in [0.4, 0.5) is 8.78 Å². The van der Waals surface area contributed by atoms with Crippen molar-refractivity contribution in [2.24, 2.45) is 0 Å². The highest BCUT2D eigenvalue weighted by Crippen LogP contribution is 2.23. The highest BCUT2D eigenvalue weighted by Gasteiger charge is 2.20. The topological polar surface area (TPSA) is 65.2 Å². The van der Waals surface area contributed by atoms with E-state index in [1.807, 2.05) is 0 Å². The molecule has 3 aromatic rings. The number of benzene rings is 2. The number of hydrogen-bond acceptors (Lipinski definition) is 5. The van der Waals surface area contributed by atoms with Gasteiger partial charge in [-0.1, -0.05) is 6.07 Å². The lowest BCUT2D eigenvalue weighted by molar-refractivity contribution is 0.0279. The molecule has 1 atom stereocenters. The summed E-state index contributed by atoms with van der Waals surface area (Å²) in [6.07, 6.45) is -0.817. The van der Waals surface area contributed by atoms with E-state index in [4.69, 9.17) is 9.15 Å². The van der Waals surface area contributed by atoms with Crippen LogP contribution in [0.1, 0.15) is 29.3 Å². The minimum Gasteiger partial charge on any atom is -0.449 e. The third-order valence-corrected chi connectivity index (χ3v) is 3.22. The maximum atomic E-state index is 13.1. The van der Waals surface area contributed by atoms with E-state index in [9.17, 15) is 13.6 Å². The Kier molecular flexibility index (Phi) is 4.33. The third-order valence-electron chi connectivity index (χ3n) is 3.22. The molecule has 0 spiro atoms. The van der Waals surface area contributed by atoms with Gasteiger partial charge in [0.25, 0.3) is 5.89 Å². The predicted molar refractivity (Wildman–Crippen MR) is 79.9 cm³/mol. The standard InChI is InChI=1S/C17H12F2N2O3/c1-10(23-17(22)12-3-2-4-14(19)9-12)15-20-21-16(24-15)11-5-7-13(18)8-6-11/h2-10H,1H3/t10-/m0/s1. The fourth-order valence-corrected chi connectivity index (χ4v) is 2.00. The number of nitrogens with zero attached hydrogens (tertiary/aromatic N) is 2. The Morgan fingerprint density at radius 1 is 1.08 bits per heavy atom. The van der Waals surface area contributed by atoms with E-state index in [1.54, 1.807) is 6.92 Å². The number of halogens is 2. The van der Waals surface area contributed by atoms with Crippen LogP contribution < -0.4 is 0 Å². The largest absolute Gasteiger partial charge is 0.449 e. The summed E-state index contributed by atoms with van der Waals surface area (Å²) in [5.74, 6) is -1.36. The fourth-order valence-electron chi connectivity index (χ4n) is 2.00. The molecular weight excluding hydrogens is 318 g/mol. The second-order valence-electron chi connectivity index (χ2n) is 5.01. The highest BCUT2D eigenvalue weighted by molar-refractivity contribution is 5.89. The van der Waals surface area contributed by atoms with E-state index >= 15 is 0 Å². The van der Waals surface area contributed by atoms with Crippen LogP contribution in [0.25, 0.3) is 11.5 Å². The van der Waals surface area contributed by atoms with Crippen LogP contribution in [-0.4, -0.2) is 16.2 Å². The van der Waals surface area contributed by atoms with Gasteiger partial charge in [0.15, 0.2) is 6.10 Å². The van der Waals surface area contributed by atoms with Gasteiger partial charge in [0.1, 0.15) is 11.6 Å². The van der Waals surface area contributed by atoms with Gasteiger partial charge in [0.2, 0.25) is 5.89 Å². The van der Waals surface area contributed by atoms with Crippen molar-refractivity contribution in [2.75, 3.05) is 0 Å². The minimum absolute atomic E-state index is 0.0825. The molecule has 2 aromatic carbocycles. The molecule has 5 nitrogen and oxygen atoms in total. The summed E-state index contributed by atoms with van der Waals surface area (Å²) >= 11 is 0. The van der Waals surface area contributed by atoms with Gasteiger partial charge in [-0.25, -0.2) is 13.6 Å². The third kappa shape index (κ3) is 3.45. The van der Waals surface area contributed by atoms with E-state index in [1.165, 1.54) is 42.5 Å². The molecule has 0 aliphatic heterocycles. The summed E-state index contributed by atoms with van der Waals surface area (Å²) in [6, 6.07) is 10.7. The first-order valence-electron chi connectivity index (χ1n) is 7.09. The Labute approximate surface area is 135 Å². The second kappa shape index (κ2) is 6.57. The summed E-state index contributed by atoms with van der Waals surface area (Å²) in [4.78, 5) is 12.0. The van der Waals surface area contributed by atoms with Crippen molar-refractivity contribution in [1.29, 1.82) is 0 Å². The predicted octanol–water partition coefficient (Wildman–Crippen LogP) is 3.93. The Morgan fingerprint density at radius 2 is 1.83 bits per heavy atom. The monoisotopic (exact) mass is 330 g/mol. The van der Waals surface area contributed by atoms with Crippen molar-refractivity contribution < 1.29 is 22.7 Å². The smallest absolute Gasteiger partial charge is 0.339 e. The summed E-state index contributed by atoms with van der Waals surface area (Å²) in [5.41, 5.74) is 0.624. The Morgan fingerprint density at radius 3 is 2.54 bits per heavy atom. The first-order chi connectivity index (χ1) is 11.5. The molecule has 0 amide bonds. The van der Waals surface area contributed by atoms with E-state index in [2.05, 4.69) is 10.2 Å². The first-order valence-corrected chi connectivity index (χ1v) is 7.09. The van der Waals surface area contributed by atoms with Crippen molar-refractivity contribution in [3.63, 3.8) is 0 Å². The number of carbonyl (C=O) groups excluding carboxylic acids is 1. The van der Waals surface area contributed by atoms with Crippen molar-refractivity contribution in [2.45, 2.75) is 13.0 Å². The van der Waals surface area contributed by atoms with Crippen LogP contribution in [0.15, 0.2) is 52.9 Å². The molecule has 0 aliphatic rings. The zero-order valence-electron chi connectivity index (χ0n) is 12.6. The molecule has 24 heavy (non-hydrogen) atoms. The maximum absolute atomic E-state index is 13.1. The fraction of sp³-hybridized carbons (Fsp3) is 0.118. The molecule has 0 radical (unpaired) electrons. The molecule has 7 heteroatoms. The number of esters is 1. The lowest BCUT2D eigenvalue weighted by Gasteiger charge is -2.09. The van der Waals surface area contributed by atoms with Gasteiger partial charge < -0.3 is 9.15 Å². The summed E-state index contributed by atoms with van der Waals surface area (Å²) < 4.78 is 36.7. The van der Waals surface area contributed by atoms with Crippen LogP contribution in [-0.2, 0) is 4.74 Å².